The molecule has 0 aliphatic rings. The topological polar surface area (TPSA) is 21.3 Å². The van der Waals surface area contributed by atoms with Crippen LogP contribution in [0.15, 0.2) is 24.3 Å². The Morgan fingerprint density at radius 2 is 1.35 bits per heavy atom. The van der Waals surface area contributed by atoms with Crippen LogP contribution >= 0.6 is 0 Å². The van der Waals surface area contributed by atoms with Crippen LogP contribution in [0, 0.1) is 6.92 Å². The smallest absolute Gasteiger partial charge is 0.127 e. The summed E-state index contributed by atoms with van der Waals surface area (Å²) in [6.45, 7) is 7.59. The molecule has 0 aromatic heterocycles. The van der Waals surface area contributed by atoms with E-state index in [1.54, 1.807) is 0 Å². The predicted molar refractivity (Wildman–Crippen MR) is 116 cm³/mol. The summed E-state index contributed by atoms with van der Waals surface area (Å²) in [6, 6.07) is 8.53. The van der Waals surface area contributed by atoms with Crippen LogP contribution in [0.1, 0.15) is 103 Å². The van der Waals surface area contributed by atoms with E-state index < -0.39 is 0 Å². The fourth-order valence-electron chi connectivity index (χ4n) is 3.32. The summed E-state index contributed by atoms with van der Waals surface area (Å²) in [7, 11) is 0. The van der Waals surface area contributed by atoms with Crippen LogP contribution in [0.2, 0.25) is 0 Å². The highest BCUT2D eigenvalue weighted by Crippen LogP contribution is 2.18. The number of unbranched alkanes of at least 4 members (excludes halogenated alkanes) is 10. The molecule has 1 aromatic carbocycles. The standard InChI is InChI=1S/C24H43NO/c1-4-6-8-10-11-12-14-20-24(26-21-17-13-9-7-5-2)25-23-19-16-15-18-22(23)3/h15-16,18-19,24-25H,4-14,17,20-21H2,1-3H3. The van der Waals surface area contributed by atoms with Crippen molar-refractivity contribution in [2.75, 3.05) is 11.9 Å². The number of benzene rings is 1. The average molecular weight is 362 g/mol. The van der Waals surface area contributed by atoms with Crippen LogP contribution in [-0.4, -0.2) is 12.8 Å². The second-order valence-electron chi connectivity index (χ2n) is 7.64. The lowest BCUT2D eigenvalue weighted by atomic mass is 10.1. The van der Waals surface area contributed by atoms with Crippen molar-refractivity contribution < 1.29 is 4.74 Å². The lowest BCUT2D eigenvalue weighted by Gasteiger charge is -2.22. The lowest BCUT2D eigenvalue weighted by Crippen LogP contribution is -2.24. The quantitative estimate of drug-likeness (QED) is 0.225. The van der Waals surface area contributed by atoms with Gasteiger partial charge in [0.2, 0.25) is 0 Å². The minimum Gasteiger partial charge on any atom is -0.360 e. The summed E-state index contributed by atoms with van der Waals surface area (Å²) in [5.74, 6) is 0. The van der Waals surface area contributed by atoms with Gasteiger partial charge in [-0.2, -0.15) is 0 Å². The highest BCUT2D eigenvalue weighted by Gasteiger charge is 2.10. The minimum absolute atomic E-state index is 0.151. The van der Waals surface area contributed by atoms with Gasteiger partial charge in [-0.05, 0) is 37.8 Å². The second-order valence-corrected chi connectivity index (χ2v) is 7.64. The molecular weight excluding hydrogens is 318 g/mol. The molecule has 0 spiro atoms. The number of para-hydroxylation sites is 1. The SMILES string of the molecule is CCCCCCCCCC(Nc1ccccc1C)OCCCCCCC. The first-order valence-electron chi connectivity index (χ1n) is 11.2. The molecule has 0 saturated heterocycles. The Bertz CT molecular complexity index is 432. The monoisotopic (exact) mass is 361 g/mol. The number of anilines is 1. The molecule has 1 rings (SSSR count). The van der Waals surface area contributed by atoms with Gasteiger partial charge in [0.1, 0.15) is 6.23 Å². The lowest BCUT2D eigenvalue weighted by molar-refractivity contribution is 0.0617. The van der Waals surface area contributed by atoms with Gasteiger partial charge in [-0.25, -0.2) is 0 Å². The first-order valence-corrected chi connectivity index (χ1v) is 11.2. The molecule has 0 saturated carbocycles. The third-order valence-electron chi connectivity index (χ3n) is 5.10. The van der Waals surface area contributed by atoms with Crippen molar-refractivity contribution in [1.82, 2.24) is 0 Å². The molecule has 150 valence electrons. The largest absolute Gasteiger partial charge is 0.360 e. The Hall–Kier alpha value is -1.02. The van der Waals surface area contributed by atoms with Gasteiger partial charge in [-0.3, -0.25) is 0 Å². The summed E-state index contributed by atoms with van der Waals surface area (Å²) in [5, 5.41) is 3.64. The van der Waals surface area contributed by atoms with E-state index in [9.17, 15) is 0 Å². The Balaban J connectivity index is 2.31. The van der Waals surface area contributed by atoms with E-state index in [0.717, 1.165) is 13.0 Å². The van der Waals surface area contributed by atoms with E-state index in [4.69, 9.17) is 4.74 Å². The molecule has 0 fully saturated rings. The van der Waals surface area contributed by atoms with Crippen molar-refractivity contribution in [3.05, 3.63) is 29.8 Å². The number of aryl methyl sites for hydroxylation is 1. The molecule has 0 heterocycles. The molecule has 0 aliphatic carbocycles. The van der Waals surface area contributed by atoms with Gasteiger partial charge in [0, 0.05) is 12.3 Å². The maximum absolute atomic E-state index is 6.22. The first kappa shape index (κ1) is 23.0. The molecule has 1 N–H and O–H groups in total. The Morgan fingerprint density at radius 3 is 2.00 bits per heavy atom. The fourth-order valence-corrected chi connectivity index (χ4v) is 3.32. The van der Waals surface area contributed by atoms with Gasteiger partial charge >= 0.3 is 0 Å². The molecular formula is C24H43NO. The first-order chi connectivity index (χ1) is 12.8. The normalized spacial score (nSPS) is 12.3. The molecule has 2 nitrogen and oxygen atoms in total. The molecule has 0 aliphatic heterocycles. The van der Waals surface area contributed by atoms with E-state index in [1.165, 1.54) is 88.3 Å². The van der Waals surface area contributed by atoms with Crippen molar-refractivity contribution in [1.29, 1.82) is 0 Å². The predicted octanol–water partition coefficient (Wildman–Crippen LogP) is 7.86. The van der Waals surface area contributed by atoms with Crippen LogP contribution in [0.5, 0.6) is 0 Å². The Kier molecular flexibility index (Phi) is 14.3. The van der Waals surface area contributed by atoms with Crippen molar-refractivity contribution in [3.8, 4) is 0 Å². The van der Waals surface area contributed by atoms with Gasteiger partial charge in [0.25, 0.3) is 0 Å². The van der Waals surface area contributed by atoms with Crippen molar-refractivity contribution in [3.63, 3.8) is 0 Å². The van der Waals surface area contributed by atoms with Crippen molar-refractivity contribution >= 4 is 5.69 Å². The highest BCUT2D eigenvalue weighted by molar-refractivity contribution is 5.50. The van der Waals surface area contributed by atoms with Gasteiger partial charge in [-0.15, -0.1) is 0 Å². The molecule has 1 aromatic rings. The van der Waals surface area contributed by atoms with Crippen LogP contribution in [0.3, 0.4) is 0 Å². The summed E-state index contributed by atoms with van der Waals surface area (Å²) in [4.78, 5) is 0. The molecule has 0 radical (unpaired) electrons. The van der Waals surface area contributed by atoms with Gasteiger partial charge in [0.05, 0.1) is 0 Å². The van der Waals surface area contributed by atoms with E-state index in [1.807, 2.05) is 0 Å². The molecule has 1 atom stereocenters. The number of hydrogen-bond acceptors (Lipinski definition) is 2. The zero-order valence-corrected chi connectivity index (χ0v) is 17.7. The third-order valence-corrected chi connectivity index (χ3v) is 5.10. The van der Waals surface area contributed by atoms with Crippen LogP contribution in [0.25, 0.3) is 0 Å². The Morgan fingerprint density at radius 1 is 0.769 bits per heavy atom. The second kappa shape index (κ2) is 16.2. The number of hydrogen-bond donors (Lipinski definition) is 1. The van der Waals surface area contributed by atoms with Gasteiger partial charge < -0.3 is 10.1 Å². The molecule has 0 amide bonds. The van der Waals surface area contributed by atoms with Crippen LogP contribution in [0.4, 0.5) is 5.69 Å². The summed E-state index contributed by atoms with van der Waals surface area (Å²) < 4.78 is 6.22. The zero-order chi connectivity index (χ0) is 18.9. The van der Waals surface area contributed by atoms with Gasteiger partial charge in [0.15, 0.2) is 0 Å². The molecule has 2 heteroatoms. The number of nitrogens with one attached hydrogen (secondary N) is 1. The fraction of sp³-hybridized carbons (Fsp3) is 0.750. The number of ether oxygens (including phenoxy) is 1. The minimum atomic E-state index is 0.151. The van der Waals surface area contributed by atoms with Crippen LogP contribution in [-0.2, 0) is 4.74 Å². The van der Waals surface area contributed by atoms with E-state index in [0.29, 0.717) is 0 Å². The van der Waals surface area contributed by atoms with Crippen LogP contribution < -0.4 is 5.32 Å². The highest BCUT2D eigenvalue weighted by atomic mass is 16.5. The van der Waals surface area contributed by atoms with E-state index in [-0.39, 0.29) is 6.23 Å². The number of rotatable bonds is 17. The van der Waals surface area contributed by atoms with Gasteiger partial charge in [-0.1, -0.05) is 96.3 Å². The molecule has 0 bridgehead atoms. The Labute approximate surface area is 163 Å². The van der Waals surface area contributed by atoms with Crippen molar-refractivity contribution in [2.24, 2.45) is 0 Å². The van der Waals surface area contributed by atoms with Crippen molar-refractivity contribution in [2.45, 2.75) is 110 Å². The summed E-state index contributed by atoms with van der Waals surface area (Å²) >= 11 is 0. The third kappa shape index (κ3) is 11.6. The van der Waals surface area contributed by atoms with E-state index >= 15 is 0 Å². The summed E-state index contributed by atoms with van der Waals surface area (Å²) in [6.07, 6.45) is 17.2. The van der Waals surface area contributed by atoms with E-state index in [2.05, 4.69) is 50.4 Å². The average Bonchev–Trinajstić information content (AvgIpc) is 2.65. The maximum atomic E-state index is 6.22. The zero-order valence-electron chi connectivity index (χ0n) is 17.7. The maximum Gasteiger partial charge on any atom is 0.127 e. The molecule has 1 unspecified atom stereocenters. The summed E-state index contributed by atoms with van der Waals surface area (Å²) in [5.41, 5.74) is 2.51. The molecule has 26 heavy (non-hydrogen) atoms.